The van der Waals surface area contributed by atoms with Crippen molar-refractivity contribution in [1.29, 1.82) is 0 Å². The zero-order valence-corrected chi connectivity index (χ0v) is 14.6. The summed E-state index contributed by atoms with van der Waals surface area (Å²) in [6, 6.07) is 10.9. The predicted molar refractivity (Wildman–Crippen MR) is 96.1 cm³/mol. The van der Waals surface area contributed by atoms with Crippen LogP contribution in [0.1, 0.15) is 5.56 Å². The van der Waals surface area contributed by atoms with E-state index in [1.807, 2.05) is 31.2 Å². The average molecular weight is 375 g/mol. The van der Waals surface area contributed by atoms with Crippen LogP contribution < -0.4 is 11.2 Å². The van der Waals surface area contributed by atoms with Crippen LogP contribution in [0.4, 0.5) is 14.5 Å². The van der Waals surface area contributed by atoms with E-state index >= 15 is 0 Å². The first-order chi connectivity index (χ1) is 12.5. The minimum atomic E-state index is -0.841. The van der Waals surface area contributed by atoms with E-state index < -0.39 is 23.2 Å². The van der Waals surface area contributed by atoms with Crippen molar-refractivity contribution in [3.63, 3.8) is 0 Å². The Labute approximate surface area is 152 Å². The third-order valence-corrected chi connectivity index (χ3v) is 4.48. The average Bonchev–Trinajstić information content (AvgIpc) is 2.98. The Hall–Kier alpha value is -2.94. The van der Waals surface area contributed by atoms with Crippen molar-refractivity contribution in [2.75, 3.05) is 16.9 Å². The SMILES string of the molecule is Cc1ccc(-c2nnc(SCC(=O)Nc3c(F)cccc3F)n2N)cc1. The Morgan fingerprint density at radius 3 is 2.46 bits per heavy atom. The second-order valence-electron chi connectivity index (χ2n) is 5.48. The Kier molecular flexibility index (Phi) is 5.17. The minimum Gasteiger partial charge on any atom is -0.335 e. The molecule has 0 aliphatic heterocycles. The number of aryl methyl sites for hydroxylation is 1. The first-order valence-electron chi connectivity index (χ1n) is 7.60. The summed E-state index contributed by atoms with van der Waals surface area (Å²) in [5.74, 6) is 4.04. The summed E-state index contributed by atoms with van der Waals surface area (Å²) in [6.45, 7) is 1.97. The fraction of sp³-hybridized carbons (Fsp3) is 0.118. The maximum absolute atomic E-state index is 13.5. The molecule has 0 saturated heterocycles. The number of hydrogen-bond acceptors (Lipinski definition) is 5. The number of rotatable bonds is 5. The lowest BCUT2D eigenvalue weighted by Gasteiger charge is -2.07. The monoisotopic (exact) mass is 375 g/mol. The number of amides is 1. The van der Waals surface area contributed by atoms with Crippen molar-refractivity contribution in [3.8, 4) is 11.4 Å². The van der Waals surface area contributed by atoms with Gasteiger partial charge in [-0.05, 0) is 19.1 Å². The Morgan fingerprint density at radius 2 is 1.81 bits per heavy atom. The number of anilines is 1. The zero-order chi connectivity index (χ0) is 18.7. The van der Waals surface area contributed by atoms with Gasteiger partial charge in [-0.25, -0.2) is 13.5 Å². The van der Waals surface area contributed by atoms with Gasteiger partial charge in [-0.1, -0.05) is 47.7 Å². The van der Waals surface area contributed by atoms with Gasteiger partial charge in [0.25, 0.3) is 0 Å². The quantitative estimate of drug-likeness (QED) is 0.529. The molecular formula is C17H15F2N5OS. The first kappa shape index (κ1) is 17.9. The lowest BCUT2D eigenvalue weighted by atomic mass is 10.1. The maximum Gasteiger partial charge on any atom is 0.235 e. The Morgan fingerprint density at radius 1 is 1.15 bits per heavy atom. The molecule has 0 unspecified atom stereocenters. The summed E-state index contributed by atoms with van der Waals surface area (Å²) in [7, 11) is 0. The number of hydrogen-bond donors (Lipinski definition) is 2. The number of aromatic nitrogens is 3. The van der Waals surface area contributed by atoms with Crippen LogP contribution in [0, 0.1) is 18.6 Å². The maximum atomic E-state index is 13.5. The predicted octanol–water partition coefficient (Wildman–Crippen LogP) is 2.98. The molecule has 0 spiro atoms. The topological polar surface area (TPSA) is 85.8 Å². The van der Waals surface area contributed by atoms with Crippen LogP contribution in [0.25, 0.3) is 11.4 Å². The van der Waals surface area contributed by atoms with Gasteiger partial charge >= 0.3 is 0 Å². The van der Waals surface area contributed by atoms with Gasteiger partial charge in [0.1, 0.15) is 17.3 Å². The minimum absolute atomic E-state index is 0.128. The van der Waals surface area contributed by atoms with Gasteiger partial charge in [-0.3, -0.25) is 4.79 Å². The van der Waals surface area contributed by atoms with Crippen LogP contribution in [0.2, 0.25) is 0 Å². The third-order valence-electron chi connectivity index (χ3n) is 3.53. The van der Waals surface area contributed by atoms with Crippen LogP contribution in [-0.2, 0) is 4.79 Å². The number of nitrogen functional groups attached to an aromatic ring is 1. The van der Waals surface area contributed by atoms with Crippen molar-refractivity contribution in [2.24, 2.45) is 0 Å². The molecule has 3 rings (SSSR count). The number of nitrogens with zero attached hydrogens (tertiary/aromatic N) is 3. The van der Waals surface area contributed by atoms with E-state index in [9.17, 15) is 13.6 Å². The summed E-state index contributed by atoms with van der Waals surface area (Å²) < 4.78 is 28.4. The highest BCUT2D eigenvalue weighted by atomic mass is 32.2. The number of carbonyl (C=O) groups excluding carboxylic acids is 1. The van der Waals surface area contributed by atoms with E-state index in [0.717, 1.165) is 35.0 Å². The highest BCUT2D eigenvalue weighted by Gasteiger charge is 2.16. The standard InChI is InChI=1S/C17H15F2N5OS/c1-10-5-7-11(8-6-10)16-22-23-17(24(16)20)26-9-14(25)21-15-12(18)3-2-4-13(15)19/h2-8H,9,20H2,1H3,(H,21,25). The molecule has 0 atom stereocenters. The van der Waals surface area contributed by atoms with Crippen molar-refractivity contribution >= 4 is 23.4 Å². The summed E-state index contributed by atoms with van der Waals surface area (Å²) >= 11 is 1.01. The van der Waals surface area contributed by atoms with Crippen LogP contribution >= 0.6 is 11.8 Å². The number of nitrogens with one attached hydrogen (secondary N) is 1. The van der Waals surface area contributed by atoms with Gasteiger partial charge in [0.05, 0.1) is 5.75 Å². The fourth-order valence-corrected chi connectivity index (χ4v) is 2.85. The molecule has 9 heteroatoms. The van der Waals surface area contributed by atoms with Crippen LogP contribution in [-0.4, -0.2) is 26.5 Å². The Bertz CT molecular complexity index is 923. The molecule has 0 aliphatic rings. The van der Waals surface area contributed by atoms with Crippen molar-refractivity contribution in [1.82, 2.24) is 14.9 Å². The smallest absolute Gasteiger partial charge is 0.235 e. The number of halogens is 2. The van der Waals surface area contributed by atoms with Gasteiger partial charge in [0, 0.05) is 5.56 Å². The van der Waals surface area contributed by atoms with Crippen LogP contribution in [0.15, 0.2) is 47.6 Å². The molecule has 26 heavy (non-hydrogen) atoms. The molecule has 6 nitrogen and oxygen atoms in total. The lowest BCUT2D eigenvalue weighted by Crippen LogP contribution is -2.17. The van der Waals surface area contributed by atoms with Gasteiger partial charge in [-0.2, -0.15) is 0 Å². The second kappa shape index (κ2) is 7.52. The lowest BCUT2D eigenvalue weighted by molar-refractivity contribution is -0.113. The summed E-state index contributed by atoms with van der Waals surface area (Å²) in [5, 5.41) is 10.5. The van der Waals surface area contributed by atoms with Crippen molar-refractivity contribution < 1.29 is 13.6 Å². The number of benzene rings is 2. The first-order valence-corrected chi connectivity index (χ1v) is 8.58. The molecule has 1 heterocycles. The van der Waals surface area contributed by atoms with Gasteiger partial charge < -0.3 is 11.2 Å². The summed E-state index contributed by atoms with van der Waals surface area (Å²) in [6.07, 6.45) is 0. The molecule has 0 fully saturated rings. The molecule has 1 aromatic heterocycles. The van der Waals surface area contributed by atoms with Gasteiger partial charge in [0.15, 0.2) is 5.82 Å². The van der Waals surface area contributed by atoms with Gasteiger partial charge in [-0.15, -0.1) is 10.2 Å². The van der Waals surface area contributed by atoms with E-state index in [0.29, 0.717) is 11.0 Å². The molecular weight excluding hydrogens is 360 g/mol. The Balaban J connectivity index is 1.67. The molecule has 134 valence electrons. The van der Waals surface area contributed by atoms with E-state index in [1.54, 1.807) is 0 Å². The largest absolute Gasteiger partial charge is 0.335 e. The number of carbonyl (C=O) groups is 1. The van der Waals surface area contributed by atoms with E-state index in [4.69, 9.17) is 5.84 Å². The summed E-state index contributed by atoms with van der Waals surface area (Å²) in [4.78, 5) is 12.0. The normalized spacial score (nSPS) is 10.7. The second-order valence-corrected chi connectivity index (χ2v) is 6.42. The van der Waals surface area contributed by atoms with Crippen molar-refractivity contribution in [2.45, 2.75) is 12.1 Å². The molecule has 3 N–H and O–H groups in total. The summed E-state index contributed by atoms with van der Waals surface area (Å²) in [5.41, 5.74) is 1.41. The molecule has 0 bridgehead atoms. The fourth-order valence-electron chi connectivity index (χ4n) is 2.20. The zero-order valence-electron chi connectivity index (χ0n) is 13.7. The highest BCUT2D eigenvalue weighted by molar-refractivity contribution is 7.99. The number of para-hydroxylation sites is 1. The molecule has 1 amide bonds. The molecule has 0 saturated carbocycles. The van der Waals surface area contributed by atoms with Crippen LogP contribution in [0.3, 0.4) is 0 Å². The molecule has 0 aliphatic carbocycles. The number of thioether (sulfide) groups is 1. The van der Waals surface area contributed by atoms with Crippen LogP contribution in [0.5, 0.6) is 0 Å². The molecule has 0 radical (unpaired) electrons. The van der Waals surface area contributed by atoms with Gasteiger partial charge in [0.2, 0.25) is 11.1 Å². The third kappa shape index (κ3) is 3.83. The van der Waals surface area contributed by atoms with E-state index in [2.05, 4.69) is 15.5 Å². The molecule has 3 aromatic rings. The highest BCUT2D eigenvalue weighted by Crippen LogP contribution is 2.23. The molecule has 2 aromatic carbocycles. The van der Waals surface area contributed by atoms with E-state index in [1.165, 1.54) is 10.7 Å². The number of nitrogens with two attached hydrogens (primary N) is 1. The van der Waals surface area contributed by atoms with Crippen molar-refractivity contribution in [3.05, 3.63) is 59.7 Å². The van der Waals surface area contributed by atoms with E-state index in [-0.39, 0.29) is 5.75 Å².